The van der Waals surface area contributed by atoms with Crippen molar-refractivity contribution in [2.45, 2.75) is 32.1 Å². The Labute approximate surface area is 152 Å². The van der Waals surface area contributed by atoms with Gasteiger partial charge in [-0.05, 0) is 37.8 Å². The number of hydrogen-bond acceptors (Lipinski definition) is 4. The summed E-state index contributed by atoms with van der Waals surface area (Å²) in [7, 11) is -4.42. The van der Waals surface area contributed by atoms with E-state index in [1.165, 1.54) is 12.1 Å². The third-order valence-electron chi connectivity index (χ3n) is 4.73. The second-order valence-electron chi connectivity index (χ2n) is 6.88. The molecule has 0 aliphatic heterocycles. The van der Waals surface area contributed by atoms with E-state index in [9.17, 15) is 17.8 Å². The van der Waals surface area contributed by atoms with Crippen molar-refractivity contribution in [3.63, 3.8) is 0 Å². The predicted octanol–water partition coefficient (Wildman–Crippen LogP) is 4.58. The monoisotopic (exact) mass is 372 g/mol. The van der Waals surface area contributed by atoms with E-state index in [2.05, 4.69) is 0 Å². The van der Waals surface area contributed by atoms with Gasteiger partial charge in [-0.2, -0.15) is 8.42 Å². The molecule has 0 aromatic heterocycles. The van der Waals surface area contributed by atoms with Crippen LogP contribution in [-0.4, -0.2) is 18.9 Å². The van der Waals surface area contributed by atoms with Crippen molar-refractivity contribution in [1.29, 1.82) is 0 Å². The number of hydrogen-bond donors (Lipinski definition) is 1. The molecule has 0 aliphatic carbocycles. The fourth-order valence-corrected chi connectivity index (χ4v) is 3.43. The number of ether oxygens (including phenoxy) is 1. The molecular weight excluding hydrogens is 352 g/mol. The van der Waals surface area contributed by atoms with Gasteiger partial charge in [-0.3, -0.25) is 9.35 Å². The zero-order chi connectivity index (χ0) is 19.1. The van der Waals surface area contributed by atoms with E-state index in [1.807, 2.05) is 25.1 Å². The molecule has 0 spiro atoms. The molecule has 5 nitrogen and oxygen atoms in total. The van der Waals surface area contributed by atoms with Crippen molar-refractivity contribution in [1.82, 2.24) is 0 Å². The van der Waals surface area contributed by atoms with Crippen LogP contribution in [0.1, 0.15) is 27.2 Å². The number of benzene rings is 3. The minimum Gasteiger partial charge on any atom is -0.425 e. The number of esters is 1. The molecule has 0 heterocycles. The first kappa shape index (κ1) is 18.4. The van der Waals surface area contributed by atoms with Crippen LogP contribution in [0.5, 0.6) is 5.75 Å². The summed E-state index contributed by atoms with van der Waals surface area (Å²) in [4.78, 5) is 12.4. The van der Waals surface area contributed by atoms with Gasteiger partial charge in [0, 0.05) is 16.2 Å². The summed E-state index contributed by atoms with van der Waals surface area (Å²) in [6.45, 7) is 5.50. The predicted molar refractivity (Wildman–Crippen MR) is 101 cm³/mol. The Bertz CT molecular complexity index is 1110. The Kier molecular flexibility index (Phi) is 4.50. The molecule has 1 N–H and O–H groups in total. The molecule has 136 valence electrons. The maximum absolute atomic E-state index is 12.6. The minimum absolute atomic E-state index is 0.215. The fourth-order valence-electron chi connectivity index (χ4n) is 2.73. The summed E-state index contributed by atoms with van der Waals surface area (Å²) in [5.74, 6) is -0.0926. The van der Waals surface area contributed by atoms with Crippen molar-refractivity contribution < 1.29 is 22.5 Å². The Balaban J connectivity index is 2.36. The number of rotatable bonds is 4. The zero-order valence-corrected chi connectivity index (χ0v) is 15.6. The van der Waals surface area contributed by atoms with Crippen LogP contribution in [0.3, 0.4) is 0 Å². The largest absolute Gasteiger partial charge is 0.425 e. The smallest absolute Gasteiger partial charge is 0.316 e. The zero-order valence-electron chi connectivity index (χ0n) is 14.8. The molecule has 0 amide bonds. The molecule has 0 saturated carbocycles. The van der Waals surface area contributed by atoms with Gasteiger partial charge < -0.3 is 4.74 Å². The third kappa shape index (κ3) is 3.18. The summed E-state index contributed by atoms with van der Waals surface area (Å²) in [6, 6.07) is 13.5. The summed E-state index contributed by atoms with van der Waals surface area (Å²) < 4.78 is 38.9. The van der Waals surface area contributed by atoms with E-state index in [-0.39, 0.29) is 4.90 Å². The summed E-state index contributed by atoms with van der Waals surface area (Å²) in [6.07, 6.45) is 0.602. The molecule has 26 heavy (non-hydrogen) atoms. The lowest BCUT2D eigenvalue weighted by atomic mass is 9.90. The van der Waals surface area contributed by atoms with Gasteiger partial charge in [0.25, 0.3) is 10.1 Å². The molecule has 6 heteroatoms. The molecule has 0 bridgehead atoms. The summed E-state index contributed by atoms with van der Waals surface area (Å²) in [5, 5.41) is 2.19. The standard InChI is InChI=1S/C20H20O5S/c1-4-20(2,3)19(21)25-18-14-9-6-5-8-13(14)12-16-15(18)10-7-11-17(16)26(22,23)24/h5-12H,4H2,1-3H3,(H,22,23,24). The van der Waals surface area contributed by atoms with Crippen LogP contribution in [0.4, 0.5) is 0 Å². The quantitative estimate of drug-likeness (QED) is 0.314. The lowest BCUT2D eigenvalue weighted by Gasteiger charge is -2.22. The summed E-state index contributed by atoms with van der Waals surface area (Å²) >= 11 is 0. The second kappa shape index (κ2) is 6.37. The van der Waals surface area contributed by atoms with Crippen molar-refractivity contribution in [2.24, 2.45) is 5.41 Å². The van der Waals surface area contributed by atoms with Crippen molar-refractivity contribution >= 4 is 37.6 Å². The SMILES string of the molecule is CCC(C)(C)C(=O)Oc1c2ccccc2cc2c(S(=O)(=O)O)cccc12. The van der Waals surface area contributed by atoms with Crippen LogP contribution in [0.2, 0.25) is 0 Å². The van der Waals surface area contributed by atoms with Crippen LogP contribution < -0.4 is 4.74 Å². The number of fused-ring (bicyclic) bond motifs is 2. The van der Waals surface area contributed by atoms with Gasteiger partial charge >= 0.3 is 5.97 Å². The number of carbonyl (C=O) groups is 1. The van der Waals surface area contributed by atoms with Gasteiger partial charge in [-0.15, -0.1) is 0 Å². The maximum Gasteiger partial charge on any atom is 0.316 e. The molecule has 3 aromatic carbocycles. The first-order valence-electron chi connectivity index (χ1n) is 8.29. The molecule has 0 atom stereocenters. The lowest BCUT2D eigenvalue weighted by Crippen LogP contribution is -2.28. The fraction of sp³-hybridized carbons (Fsp3) is 0.250. The molecular formula is C20H20O5S. The highest BCUT2D eigenvalue weighted by Crippen LogP contribution is 2.38. The van der Waals surface area contributed by atoms with Gasteiger partial charge in [0.05, 0.1) is 5.41 Å². The normalized spacial score (nSPS) is 12.5. The molecule has 3 aromatic rings. The third-order valence-corrected chi connectivity index (χ3v) is 5.64. The Morgan fingerprint density at radius 2 is 1.69 bits per heavy atom. The first-order valence-corrected chi connectivity index (χ1v) is 9.73. The van der Waals surface area contributed by atoms with Gasteiger partial charge in [-0.25, -0.2) is 0 Å². The maximum atomic E-state index is 12.6. The Morgan fingerprint density at radius 1 is 1.04 bits per heavy atom. The van der Waals surface area contributed by atoms with Crippen LogP contribution in [-0.2, 0) is 14.9 Å². The second-order valence-corrected chi connectivity index (χ2v) is 8.27. The van der Waals surface area contributed by atoms with Crippen LogP contribution in [0.15, 0.2) is 53.4 Å². The molecule has 0 unspecified atom stereocenters. The highest BCUT2D eigenvalue weighted by molar-refractivity contribution is 7.86. The Hall–Kier alpha value is -2.44. The first-order chi connectivity index (χ1) is 12.1. The molecule has 0 fully saturated rings. The van der Waals surface area contributed by atoms with Crippen LogP contribution in [0.25, 0.3) is 21.5 Å². The van der Waals surface area contributed by atoms with Gasteiger partial charge in [-0.1, -0.05) is 43.3 Å². The van der Waals surface area contributed by atoms with Gasteiger partial charge in [0.2, 0.25) is 0 Å². The summed E-state index contributed by atoms with van der Waals surface area (Å²) in [5.41, 5.74) is -0.677. The average molecular weight is 372 g/mol. The van der Waals surface area contributed by atoms with E-state index in [4.69, 9.17) is 4.74 Å². The van der Waals surface area contributed by atoms with Crippen molar-refractivity contribution in [3.8, 4) is 5.75 Å². The van der Waals surface area contributed by atoms with E-state index < -0.39 is 21.5 Å². The molecule has 0 radical (unpaired) electrons. The van der Waals surface area contributed by atoms with E-state index in [0.717, 1.165) is 0 Å². The van der Waals surface area contributed by atoms with E-state index >= 15 is 0 Å². The molecule has 0 saturated heterocycles. The van der Waals surface area contributed by atoms with Crippen LogP contribution >= 0.6 is 0 Å². The molecule has 3 rings (SSSR count). The van der Waals surface area contributed by atoms with E-state index in [1.54, 1.807) is 32.0 Å². The van der Waals surface area contributed by atoms with Crippen molar-refractivity contribution in [3.05, 3.63) is 48.5 Å². The van der Waals surface area contributed by atoms with Crippen LogP contribution in [0, 0.1) is 5.41 Å². The molecule has 0 aliphatic rings. The minimum atomic E-state index is -4.42. The van der Waals surface area contributed by atoms with E-state index in [0.29, 0.717) is 33.7 Å². The Morgan fingerprint density at radius 3 is 2.35 bits per heavy atom. The topological polar surface area (TPSA) is 80.7 Å². The lowest BCUT2D eigenvalue weighted by molar-refractivity contribution is -0.143. The average Bonchev–Trinajstić information content (AvgIpc) is 2.60. The van der Waals surface area contributed by atoms with Crippen molar-refractivity contribution in [2.75, 3.05) is 0 Å². The highest BCUT2D eigenvalue weighted by atomic mass is 32.2. The number of carbonyl (C=O) groups excluding carboxylic acids is 1. The highest BCUT2D eigenvalue weighted by Gasteiger charge is 2.29. The van der Waals surface area contributed by atoms with Gasteiger partial charge in [0.1, 0.15) is 10.6 Å². The van der Waals surface area contributed by atoms with Gasteiger partial charge in [0.15, 0.2) is 0 Å².